The lowest BCUT2D eigenvalue weighted by molar-refractivity contribution is -0.136. The number of piperidine rings is 1. The number of hydrogen-bond donors (Lipinski definition) is 3. The molecule has 3 heterocycles. The van der Waals surface area contributed by atoms with Gasteiger partial charge in [-0.15, -0.1) is 0 Å². The molecule has 0 spiro atoms. The zero-order chi connectivity index (χ0) is 20.1. The number of benzene rings is 1. The molecule has 3 N–H and O–H groups in total. The molecule has 28 heavy (non-hydrogen) atoms. The molecule has 3 aliphatic rings. The summed E-state index contributed by atoms with van der Waals surface area (Å²) in [6, 6.07) is 4.26. The summed E-state index contributed by atoms with van der Waals surface area (Å²) in [6.45, 7) is 6.54. The number of nitrogens with zero attached hydrogens (tertiary/aromatic N) is 1. The Morgan fingerprint density at radius 3 is 2.61 bits per heavy atom. The summed E-state index contributed by atoms with van der Waals surface area (Å²) in [7, 11) is 0. The van der Waals surface area contributed by atoms with E-state index in [0.717, 1.165) is 23.6 Å². The number of hydrogen-bond acceptors (Lipinski definition) is 6. The molecule has 2 unspecified atom stereocenters. The maximum Gasteiger partial charge on any atom is 0.262 e. The summed E-state index contributed by atoms with van der Waals surface area (Å²) in [6.07, 6.45) is 0.275. The van der Waals surface area contributed by atoms with Crippen molar-refractivity contribution in [2.24, 2.45) is 5.92 Å². The second-order valence-electron chi connectivity index (χ2n) is 8.22. The van der Waals surface area contributed by atoms with Crippen molar-refractivity contribution in [1.29, 1.82) is 0 Å². The monoisotopic (exact) mass is 384 g/mol. The van der Waals surface area contributed by atoms with Crippen LogP contribution < -0.4 is 16.0 Å². The van der Waals surface area contributed by atoms with E-state index >= 15 is 0 Å². The lowest BCUT2D eigenvalue weighted by Gasteiger charge is -2.46. The summed E-state index contributed by atoms with van der Waals surface area (Å²) >= 11 is 0. The van der Waals surface area contributed by atoms with Crippen molar-refractivity contribution in [1.82, 2.24) is 20.9 Å². The van der Waals surface area contributed by atoms with Gasteiger partial charge in [0.2, 0.25) is 11.8 Å². The van der Waals surface area contributed by atoms with Gasteiger partial charge in [-0.1, -0.05) is 12.1 Å². The van der Waals surface area contributed by atoms with Crippen molar-refractivity contribution in [2.45, 2.75) is 44.8 Å². The normalized spacial score (nSPS) is 26.1. The molecule has 4 amide bonds. The lowest BCUT2D eigenvalue weighted by Crippen LogP contribution is -2.63. The Morgan fingerprint density at radius 1 is 1.18 bits per heavy atom. The molecule has 0 aliphatic carbocycles. The molecule has 0 aromatic heterocycles. The molecule has 0 radical (unpaired) electrons. The number of imide groups is 2. The highest BCUT2D eigenvalue weighted by molar-refractivity contribution is 6.24. The second-order valence-corrected chi connectivity index (χ2v) is 8.22. The maximum absolute atomic E-state index is 13.0. The SMILES string of the molecule is CC1(C)NCC1CNCc1cccc2c1C(=O)N(C1CCC(=O)NC1=O)C2=O. The van der Waals surface area contributed by atoms with Gasteiger partial charge in [-0.25, -0.2) is 0 Å². The lowest BCUT2D eigenvalue weighted by atomic mass is 9.80. The number of nitrogens with one attached hydrogen (secondary N) is 3. The number of carbonyl (C=O) groups is 4. The Balaban J connectivity index is 1.51. The fourth-order valence-electron chi connectivity index (χ4n) is 4.10. The van der Waals surface area contributed by atoms with Gasteiger partial charge in [-0.2, -0.15) is 0 Å². The summed E-state index contributed by atoms with van der Waals surface area (Å²) in [4.78, 5) is 50.4. The minimum Gasteiger partial charge on any atom is -0.312 e. The third-order valence-corrected chi connectivity index (χ3v) is 6.09. The van der Waals surface area contributed by atoms with E-state index in [9.17, 15) is 19.2 Å². The van der Waals surface area contributed by atoms with Gasteiger partial charge < -0.3 is 10.6 Å². The van der Waals surface area contributed by atoms with Gasteiger partial charge in [-0.3, -0.25) is 29.4 Å². The van der Waals surface area contributed by atoms with Crippen molar-refractivity contribution in [3.63, 3.8) is 0 Å². The van der Waals surface area contributed by atoms with Crippen molar-refractivity contribution < 1.29 is 19.2 Å². The van der Waals surface area contributed by atoms with Gasteiger partial charge in [0.25, 0.3) is 11.8 Å². The molecule has 4 rings (SSSR count). The van der Waals surface area contributed by atoms with Crippen LogP contribution >= 0.6 is 0 Å². The van der Waals surface area contributed by atoms with E-state index in [0.29, 0.717) is 23.6 Å². The number of carbonyl (C=O) groups excluding carboxylic acids is 4. The van der Waals surface area contributed by atoms with Crippen molar-refractivity contribution >= 4 is 23.6 Å². The molecule has 1 aromatic carbocycles. The average Bonchev–Trinajstić information content (AvgIpc) is 2.90. The summed E-state index contributed by atoms with van der Waals surface area (Å²) in [5, 5.41) is 8.98. The van der Waals surface area contributed by atoms with Gasteiger partial charge in [0.1, 0.15) is 6.04 Å². The highest BCUT2D eigenvalue weighted by Gasteiger charge is 2.45. The first-order valence-corrected chi connectivity index (χ1v) is 9.59. The average molecular weight is 384 g/mol. The molecule has 2 atom stereocenters. The van der Waals surface area contributed by atoms with Gasteiger partial charge in [0.15, 0.2) is 0 Å². The summed E-state index contributed by atoms with van der Waals surface area (Å²) < 4.78 is 0. The first-order chi connectivity index (χ1) is 13.3. The van der Waals surface area contributed by atoms with Crippen molar-refractivity contribution in [2.75, 3.05) is 13.1 Å². The van der Waals surface area contributed by atoms with Gasteiger partial charge in [-0.05, 0) is 31.9 Å². The third kappa shape index (κ3) is 3.02. The van der Waals surface area contributed by atoms with E-state index in [1.54, 1.807) is 12.1 Å². The van der Waals surface area contributed by atoms with E-state index in [4.69, 9.17) is 0 Å². The Labute approximate surface area is 163 Å². The molecular weight excluding hydrogens is 360 g/mol. The third-order valence-electron chi connectivity index (χ3n) is 6.09. The zero-order valence-electron chi connectivity index (χ0n) is 16.0. The van der Waals surface area contributed by atoms with E-state index in [1.807, 2.05) is 6.07 Å². The van der Waals surface area contributed by atoms with Crippen LogP contribution in [-0.2, 0) is 16.1 Å². The summed E-state index contributed by atoms with van der Waals surface area (Å²) in [5.74, 6) is -1.40. The molecule has 148 valence electrons. The van der Waals surface area contributed by atoms with Gasteiger partial charge >= 0.3 is 0 Å². The largest absolute Gasteiger partial charge is 0.312 e. The Hall–Kier alpha value is -2.58. The minimum atomic E-state index is -0.937. The highest BCUT2D eigenvalue weighted by Crippen LogP contribution is 2.30. The number of rotatable bonds is 5. The Morgan fingerprint density at radius 2 is 1.96 bits per heavy atom. The van der Waals surface area contributed by atoms with Gasteiger partial charge in [0, 0.05) is 37.5 Å². The topological polar surface area (TPSA) is 108 Å². The molecule has 0 saturated carbocycles. The first-order valence-electron chi connectivity index (χ1n) is 9.59. The number of fused-ring (bicyclic) bond motifs is 1. The fourth-order valence-corrected chi connectivity index (χ4v) is 4.10. The predicted octanol–water partition coefficient (Wildman–Crippen LogP) is 0.175. The molecule has 1 aromatic rings. The van der Waals surface area contributed by atoms with Gasteiger partial charge in [0.05, 0.1) is 11.1 Å². The standard InChI is InChI=1S/C20H24N4O4/c1-20(2)12(10-22-20)9-21-8-11-4-3-5-13-16(11)19(28)24(18(13)27)14-6-7-15(25)23-17(14)26/h3-5,12,14,21-22H,6-10H2,1-2H3,(H,23,25,26). The molecule has 3 aliphatic heterocycles. The highest BCUT2D eigenvalue weighted by atomic mass is 16.2. The van der Waals surface area contributed by atoms with E-state index in [2.05, 4.69) is 29.8 Å². The first kappa shape index (κ1) is 18.8. The predicted molar refractivity (Wildman–Crippen MR) is 100 cm³/mol. The maximum atomic E-state index is 13.0. The van der Waals surface area contributed by atoms with Crippen molar-refractivity contribution in [3.8, 4) is 0 Å². The van der Waals surface area contributed by atoms with Crippen LogP contribution in [0.5, 0.6) is 0 Å². The van der Waals surface area contributed by atoms with E-state index in [1.165, 1.54) is 0 Å². The van der Waals surface area contributed by atoms with E-state index < -0.39 is 23.8 Å². The summed E-state index contributed by atoms with van der Waals surface area (Å²) in [5.41, 5.74) is 1.52. The van der Waals surface area contributed by atoms with Crippen LogP contribution in [0.4, 0.5) is 0 Å². The molecule has 8 nitrogen and oxygen atoms in total. The Kier molecular flexibility index (Phi) is 4.55. The Bertz CT molecular complexity index is 879. The van der Waals surface area contributed by atoms with Crippen LogP contribution in [0.25, 0.3) is 0 Å². The zero-order valence-corrected chi connectivity index (χ0v) is 16.0. The smallest absolute Gasteiger partial charge is 0.262 e. The molecule has 0 bridgehead atoms. The molecule has 8 heteroatoms. The van der Waals surface area contributed by atoms with Crippen LogP contribution in [-0.4, -0.2) is 53.2 Å². The quantitative estimate of drug-likeness (QED) is 0.625. The fraction of sp³-hybridized carbons (Fsp3) is 0.500. The minimum absolute atomic E-state index is 0.0972. The second kappa shape index (κ2) is 6.79. The van der Waals surface area contributed by atoms with Crippen LogP contribution in [0.15, 0.2) is 18.2 Å². The molecular formula is C20H24N4O4. The number of amides is 4. The van der Waals surface area contributed by atoms with Crippen molar-refractivity contribution in [3.05, 3.63) is 34.9 Å². The molecule has 2 fully saturated rings. The van der Waals surface area contributed by atoms with Crippen LogP contribution in [0, 0.1) is 5.92 Å². The van der Waals surface area contributed by atoms with Crippen LogP contribution in [0.1, 0.15) is 53.0 Å². The van der Waals surface area contributed by atoms with Crippen LogP contribution in [0.3, 0.4) is 0 Å². The molecule has 2 saturated heterocycles. The van der Waals surface area contributed by atoms with Crippen LogP contribution in [0.2, 0.25) is 0 Å². The van der Waals surface area contributed by atoms with E-state index in [-0.39, 0.29) is 24.3 Å².